The van der Waals surface area contributed by atoms with Crippen LogP contribution in [0.4, 0.5) is 0 Å². The summed E-state index contributed by atoms with van der Waals surface area (Å²) in [4.78, 5) is 16.5. The molecule has 0 aliphatic heterocycles. The molecule has 0 unspecified atom stereocenters. The Morgan fingerprint density at radius 2 is 1.00 bits per heavy atom. The average Bonchev–Trinajstić information content (AvgIpc) is 1.39. The Hall–Kier alpha value is -0.526. The second-order valence-electron chi connectivity index (χ2n) is 0.183. The largest absolute Gasteiger partial charge is 2.00 e. The van der Waals surface area contributed by atoms with Crippen LogP contribution in [-0.4, -0.2) is 12.2 Å². The molecule has 0 bridgehead atoms. The summed E-state index contributed by atoms with van der Waals surface area (Å²) in [7, 11) is 0. The van der Waals surface area contributed by atoms with E-state index in [0.29, 0.717) is 12.2 Å². The molecule has 0 atom stereocenters. The van der Waals surface area contributed by atoms with Crippen molar-refractivity contribution in [1.82, 2.24) is 0 Å². The van der Waals surface area contributed by atoms with Crippen LogP contribution in [0.2, 0.25) is 0 Å². The molecule has 0 aromatic rings. The maximum atomic E-state index is 8.24. The Kier molecular flexibility index (Phi) is 116. The van der Waals surface area contributed by atoms with E-state index in [1.54, 1.807) is 0 Å². The van der Waals surface area contributed by atoms with Crippen molar-refractivity contribution >= 4 is 12.2 Å². The van der Waals surface area contributed by atoms with Crippen molar-refractivity contribution in [1.29, 1.82) is 0 Å². The molecule has 0 N–H and O–H groups in total. The summed E-state index contributed by atoms with van der Waals surface area (Å²) in [5, 5.41) is 13.5. The number of hydrogen-bond donors (Lipinski definition) is 0. The molecule has 7 heavy (non-hydrogen) atoms. The predicted molar refractivity (Wildman–Crippen MR) is 18.1 cm³/mol. The van der Waals surface area contributed by atoms with Gasteiger partial charge in [0.05, 0.1) is 0 Å². The maximum Gasteiger partial charge on any atom is 2.00 e. The quantitative estimate of drug-likeness (QED) is 0.259. The predicted octanol–water partition coefficient (Wildman–Crippen LogP) is -0.219. The van der Waals surface area contributed by atoms with Gasteiger partial charge >= 0.3 is 21.7 Å². The first-order valence-electron chi connectivity index (χ1n) is 0.855. The van der Waals surface area contributed by atoms with Crippen molar-refractivity contribution in [2.24, 2.45) is 0 Å². The number of carbonyl (C=O) groups excluding carboxylic acids is 2. The molecule has 0 aliphatic rings. The third kappa shape index (κ3) is 239. The molecule has 0 fully saturated rings. The molecule has 0 heterocycles. The van der Waals surface area contributed by atoms with Crippen molar-refractivity contribution in [2.45, 2.75) is 0 Å². The average molecular weight is 132 g/mol. The summed E-state index contributed by atoms with van der Waals surface area (Å²) in [6, 6.07) is 0. The van der Waals surface area contributed by atoms with Crippen LogP contribution in [0.5, 0.6) is 0 Å². The van der Waals surface area contributed by atoms with Crippen LogP contribution in [0.1, 0.15) is 0 Å². The Bertz CT molecular complexity index is 67.7. The summed E-state index contributed by atoms with van der Waals surface area (Å²) in [6.07, 6.45) is 1.00. The second kappa shape index (κ2) is 50.4. The molecule has 5 heteroatoms. The molecule has 0 spiro atoms. The van der Waals surface area contributed by atoms with E-state index < -0.39 is 0 Å². The minimum atomic E-state index is 0. The molecule has 0 amide bonds. The van der Waals surface area contributed by atoms with Gasteiger partial charge in [-0.25, -0.2) is 0 Å². The molecule has 0 aromatic heterocycles. The van der Waals surface area contributed by atoms with Crippen molar-refractivity contribution < 1.29 is 31.3 Å². The standard InChI is InChI=1S/2CNO.Ti/c2*2-1-3;/q2*-1;+2. The minimum absolute atomic E-state index is 0. The van der Waals surface area contributed by atoms with Gasteiger partial charge in [-0.15, -0.1) is 0 Å². The first kappa shape index (κ1) is 16.1. The molecule has 0 saturated heterocycles. The van der Waals surface area contributed by atoms with E-state index in [1.165, 1.54) is 0 Å². The van der Waals surface area contributed by atoms with Crippen LogP contribution in [0.25, 0.3) is 10.8 Å². The first-order chi connectivity index (χ1) is 2.83. The maximum absolute atomic E-state index is 8.24. The van der Waals surface area contributed by atoms with Crippen molar-refractivity contribution in [2.75, 3.05) is 0 Å². The zero-order chi connectivity index (χ0) is 5.41. The van der Waals surface area contributed by atoms with Crippen molar-refractivity contribution in [3.05, 3.63) is 10.8 Å². The van der Waals surface area contributed by atoms with Gasteiger partial charge < -0.3 is 10.8 Å². The van der Waals surface area contributed by atoms with Gasteiger partial charge in [-0.05, 0) is 12.2 Å². The van der Waals surface area contributed by atoms with Gasteiger partial charge in [-0.3, -0.25) is 9.59 Å². The Morgan fingerprint density at radius 1 is 1.00 bits per heavy atom. The van der Waals surface area contributed by atoms with E-state index in [0.717, 1.165) is 0 Å². The second-order valence-corrected chi connectivity index (χ2v) is 0.183. The molecule has 34 valence electrons. The van der Waals surface area contributed by atoms with Crippen molar-refractivity contribution in [3.8, 4) is 0 Å². The van der Waals surface area contributed by atoms with Crippen LogP contribution in [0, 0.1) is 0 Å². The van der Waals surface area contributed by atoms with Crippen LogP contribution in [0.15, 0.2) is 0 Å². The molecule has 0 saturated carbocycles. The molecule has 0 rings (SSSR count). The zero-order valence-corrected chi connectivity index (χ0v) is 4.77. The number of nitrogens with zero attached hydrogens (tertiary/aromatic N) is 2. The normalized spacial score (nSPS) is 2.29. The molecule has 0 aromatic carbocycles. The summed E-state index contributed by atoms with van der Waals surface area (Å²) in [6.45, 7) is 0. The summed E-state index contributed by atoms with van der Waals surface area (Å²) < 4.78 is 0. The zero-order valence-electron chi connectivity index (χ0n) is 3.21. The van der Waals surface area contributed by atoms with Gasteiger partial charge in [0.1, 0.15) is 0 Å². The van der Waals surface area contributed by atoms with Gasteiger partial charge in [0, 0.05) is 0 Å². The van der Waals surface area contributed by atoms with Gasteiger partial charge in [0.15, 0.2) is 0 Å². The third-order valence-corrected chi connectivity index (χ3v) is 0. The number of isocyanates is 2. The van der Waals surface area contributed by atoms with Crippen LogP contribution in [-0.2, 0) is 31.3 Å². The number of hydrogen-bond acceptors (Lipinski definition) is 2. The fourth-order valence-electron chi connectivity index (χ4n) is 0. The van der Waals surface area contributed by atoms with E-state index in [1.807, 2.05) is 0 Å². The van der Waals surface area contributed by atoms with Gasteiger partial charge in [0.25, 0.3) is 0 Å². The molecule has 4 nitrogen and oxygen atoms in total. The Balaban J connectivity index is -0.0000000400. The first-order valence-corrected chi connectivity index (χ1v) is 0.855. The van der Waals surface area contributed by atoms with E-state index in [4.69, 9.17) is 20.4 Å². The van der Waals surface area contributed by atoms with Crippen LogP contribution < -0.4 is 0 Å². The summed E-state index contributed by atoms with van der Waals surface area (Å²) in [5.74, 6) is 0. The van der Waals surface area contributed by atoms with Gasteiger partial charge in [-0.1, -0.05) is 0 Å². The Morgan fingerprint density at radius 3 is 1.00 bits per heavy atom. The van der Waals surface area contributed by atoms with E-state index in [2.05, 4.69) is 0 Å². The molecule has 0 aliphatic carbocycles. The monoisotopic (exact) mass is 132 g/mol. The molecule has 0 radical (unpaired) electrons. The SMILES string of the molecule is [N-]=C=O.[N-]=C=O.[Ti+2]. The van der Waals surface area contributed by atoms with E-state index in [-0.39, 0.29) is 21.7 Å². The van der Waals surface area contributed by atoms with Gasteiger partial charge in [0.2, 0.25) is 0 Å². The van der Waals surface area contributed by atoms with Crippen molar-refractivity contribution in [3.63, 3.8) is 0 Å². The minimum Gasteiger partial charge on any atom is -0.724 e. The van der Waals surface area contributed by atoms with E-state index in [9.17, 15) is 0 Å². The van der Waals surface area contributed by atoms with Crippen LogP contribution >= 0.6 is 0 Å². The molecular weight excluding hydrogens is 132 g/mol. The topological polar surface area (TPSA) is 78.7 Å². The van der Waals surface area contributed by atoms with E-state index >= 15 is 0 Å². The van der Waals surface area contributed by atoms with Crippen LogP contribution in [0.3, 0.4) is 0 Å². The summed E-state index contributed by atoms with van der Waals surface area (Å²) in [5.41, 5.74) is 0. The smallest absolute Gasteiger partial charge is 0.724 e. The number of rotatable bonds is 0. The summed E-state index contributed by atoms with van der Waals surface area (Å²) >= 11 is 0. The fraction of sp³-hybridized carbons (Fsp3) is 0. The third-order valence-electron chi connectivity index (χ3n) is 0. The Labute approximate surface area is 54.8 Å². The molecular formula is C2N2O2Ti. The fourth-order valence-corrected chi connectivity index (χ4v) is 0. The van der Waals surface area contributed by atoms with Gasteiger partial charge in [-0.2, -0.15) is 0 Å².